The first-order valence-corrected chi connectivity index (χ1v) is 8.73. The number of benzene rings is 1. The number of carbonyl (C=O) groups excluding carboxylic acids is 1. The molecule has 1 amide bonds. The van der Waals surface area contributed by atoms with E-state index in [0.717, 1.165) is 22.2 Å². The van der Waals surface area contributed by atoms with Gasteiger partial charge in [0.2, 0.25) is 5.91 Å². The van der Waals surface area contributed by atoms with Crippen LogP contribution in [0.25, 0.3) is 10.9 Å². The van der Waals surface area contributed by atoms with Crippen molar-refractivity contribution in [2.24, 2.45) is 0 Å². The van der Waals surface area contributed by atoms with Crippen LogP contribution in [0.1, 0.15) is 30.6 Å². The Bertz CT molecular complexity index is 958. The maximum Gasteiger partial charge on any atom is 0.252 e. The third kappa shape index (κ3) is 2.97. The summed E-state index contributed by atoms with van der Waals surface area (Å²) >= 11 is 1.38. The number of carbonyl (C=O) groups is 1. The molecule has 0 radical (unpaired) electrons. The summed E-state index contributed by atoms with van der Waals surface area (Å²) in [7, 11) is 0. The van der Waals surface area contributed by atoms with E-state index >= 15 is 0 Å². The van der Waals surface area contributed by atoms with Crippen LogP contribution in [0, 0.1) is 13.8 Å². The minimum atomic E-state index is -0.577. The van der Waals surface area contributed by atoms with E-state index in [-0.39, 0.29) is 11.5 Å². The monoisotopic (exact) mass is 341 g/mol. The number of hydrogen-bond acceptors (Lipinski definition) is 4. The first-order valence-electron chi connectivity index (χ1n) is 7.85. The highest BCUT2D eigenvalue weighted by Crippen LogP contribution is 2.23. The summed E-state index contributed by atoms with van der Waals surface area (Å²) in [4.78, 5) is 29.6. The van der Waals surface area contributed by atoms with Crippen molar-refractivity contribution in [1.82, 2.24) is 9.55 Å². The quantitative estimate of drug-likeness (QED) is 0.787. The lowest BCUT2D eigenvalue weighted by Gasteiger charge is -2.20. The Morgan fingerprint density at radius 3 is 2.75 bits per heavy atom. The van der Waals surface area contributed by atoms with E-state index in [4.69, 9.17) is 0 Å². The Hall–Kier alpha value is -2.47. The topological polar surface area (TPSA) is 64.0 Å². The SMILES string of the molecule is CCC(C(=O)Nc1nc(C)cs1)n1c(=O)cc(C)c2ccccc21. The average molecular weight is 341 g/mol. The van der Waals surface area contributed by atoms with Crippen LogP contribution in [0.4, 0.5) is 5.13 Å². The van der Waals surface area contributed by atoms with E-state index in [0.29, 0.717) is 11.6 Å². The Labute approximate surface area is 144 Å². The molecule has 6 heteroatoms. The third-order valence-corrected chi connectivity index (χ3v) is 4.89. The van der Waals surface area contributed by atoms with Crippen LogP contribution < -0.4 is 10.9 Å². The molecule has 1 atom stereocenters. The summed E-state index contributed by atoms with van der Waals surface area (Å²) in [6, 6.07) is 8.68. The molecule has 5 nitrogen and oxygen atoms in total. The van der Waals surface area contributed by atoms with Gasteiger partial charge >= 0.3 is 0 Å². The number of rotatable bonds is 4. The van der Waals surface area contributed by atoms with Crippen molar-refractivity contribution >= 4 is 33.3 Å². The Morgan fingerprint density at radius 1 is 1.33 bits per heavy atom. The molecule has 1 aromatic carbocycles. The number of fused-ring (bicyclic) bond motifs is 1. The molecule has 0 spiro atoms. The van der Waals surface area contributed by atoms with Gasteiger partial charge in [-0.25, -0.2) is 4.98 Å². The predicted octanol–water partition coefficient (Wildman–Crippen LogP) is 3.66. The molecule has 1 N–H and O–H groups in total. The molecule has 0 saturated carbocycles. The van der Waals surface area contributed by atoms with Gasteiger partial charge in [-0.1, -0.05) is 25.1 Å². The van der Waals surface area contributed by atoms with Crippen molar-refractivity contribution in [2.45, 2.75) is 33.2 Å². The summed E-state index contributed by atoms with van der Waals surface area (Å²) in [5, 5.41) is 6.24. The fourth-order valence-electron chi connectivity index (χ4n) is 2.88. The third-order valence-electron chi connectivity index (χ3n) is 4.02. The number of aryl methyl sites for hydroxylation is 2. The lowest BCUT2D eigenvalue weighted by molar-refractivity contribution is -0.119. The summed E-state index contributed by atoms with van der Waals surface area (Å²) in [6.07, 6.45) is 0.517. The molecule has 124 valence electrons. The van der Waals surface area contributed by atoms with Crippen molar-refractivity contribution in [3.63, 3.8) is 0 Å². The van der Waals surface area contributed by atoms with Crippen LogP contribution in [-0.4, -0.2) is 15.5 Å². The van der Waals surface area contributed by atoms with E-state index in [9.17, 15) is 9.59 Å². The highest BCUT2D eigenvalue weighted by Gasteiger charge is 2.22. The molecule has 2 aromatic heterocycles. The van der Waals surface area contributed by atoms with Gasteiger partial charge < -0.3 is 5.32 Å². The number of pyridine rings is 1. The van der Waals surface area contributed by atoms with Gasteiger partial charge in [0.25, 0.3) is 5.56 Å². The largest absolute Gasteiger partial charge is 0.300 e. The van der Waals surface area contributed by atoms with Crippen LogP contribution in [0.3, 0.4) is 0 Å². The molecule has 0 bridgehead atoms. The number of aromatic nitrogens is 2. The first kappa shape index (κ1) is 16.4. The highest BCUT2D eigenvalue weighted by molar-refractivity contribution is 7.13. The molecule has 0 saturated heterocycles. The van der Waals surface area contributed by atoms with Crippen molar-refractivity contribution in [3.05, 3.63) is 57.3 Å². The highest BCUT2D eigenvalue weighted by atomic mass is 32.1. The molecular formula is C18H19N3O2S. The lowest BCUT2D eigenvalue weighted by Crippen LogP contribution is -2.33. The number of anilines is 1. The molecule has 0 aliphatic rings. The van der Waals surface area contributed by atoms with Crippen LogP contribution in [0.5, 0.6) is 0 Å². The number of amides is 1. The number of para-hydroxylation sites is 1. The molecule has 24 heavy (non-hydrogen) atoms. The van der Waals surface area contributed by atoms with E-state index in [1.54, 1.807) is 10.6 Å². The second-order valence-corrected chi connectivity index (χ2v) is 6.62. The predicted molar refractivity (Wildman–Crippen MR) is 97.8 cm³/mol. The lowest BCUT2D eigenvalue weighted by atomic mass is 10.1. The van der Waals surface area contributed by atoms with Crippen molar-refractivity contribution in [2.75, 3.05) is 5.32 Å². The summed E-state index contributed by atoms with van der Waals surface area (Å²) < 4.78 is 1.58. The zero-order valence-electron chi connectivity index (χ0n) is 13.9. The van der Waals surface area contributed by atoms with E-state index in [2.05, 4.69) is 10.3 Å². The van der Waals surface area contributed by atoms with Crippen molar-refractivity contribution < 1.29 is 4.79 Å². The van der Waals surface area contributed by atoms with Gasteiger partial charge in [0.1, 0.15) is 6.04 Å². The van der Waals surface area contributed by atoms with Gasteiger partial charge in [-0.2, -0.15) is 0 Å². The van der Waals surface area contributed by atoms with E-state index in [1.807, 2.05) is 50.4 Å². The summed E-state index contributed by atoms with van der Waals surface area (Å²) in [6.45, 7) is 5.69. The van der Waals surface area contributed by atoms with Crippen LogP contribution in [0.15, 0.2) is 40.5 Å². The van der Waals surface area contributed by atoms with Gasteiger partial charge in [-0.15, -0.1) is 11.3 Å². The van der Waals surface area contributed by atoms with Crippen LogP contribution >= 0.6 is 11.3 Å². The van der Waals surface area contributed by atoms with Gasteiger partial charge in [0.05, 0.1) is 11.2 Å². The Kier molecular flexibility index (Phi) is 4.49. The van der Waals surface area contributed by atoms with Gasteiger partial charge in [-0.3, -0.25) is 14.2 Å². The molecule has 1 unspecified atom stereocenters. The van der Waals surface area contributed by atoms with Gasteiger partial charge in [0.15, 0.2) is 5.13 Å². The van der Waals surface area contributed by atoms with Crippen LogP contribution in [0.2, 0.25) is 0 Å². The van der Waals surface area contributed by atoms with E-state index in [1.165, 1.54) is 11.3 Å². The zero-order valence-corrected chi connectivity index (χ0v) is 14.7. The maximum atomic E-state index is 12.7. The molecule has 0 fully saturated rings. The minimum Gasteiger partial charge on any atom is -0.300 e. The van der Waals surface area contributed by atoms with Gasteiger partial charge in [-0.05, 0) is 31.9 Å². The van der Waals surface area contributed by atoms with E-state index < -0.39 is 6.04 Å². The van der Waals surface area contributed by atoms with Crippen molar-refractivity contribution in [1.29, 1.82) is 0 Å². The standard InChI is InChI=1S/C18H19N3O2S/c1-4-14(17(23)20-18-19-12(3)10-24-18)21-15-8-6-5-7-13(15)11(2)9-16(21)22/h5-10,14H,4H2,1-3H3,(H,19,20,23). The number of hydrogen-bond donors (Lipinski definition) is 1. The molecule has 0 aliphatic heterocycles. The first-order chi connectivity index (χ1) is 11.5. The second-order valence-electron chi connectivity index (χ2n) is 5.76. The van der Waals surface area contributed by atoms with Crippen LogP contribution in [-0.2, 0) is 4.79 Å². The Morgan fingerprint density at radius 2 is 2.08 bits per heavy atom. The summed E-state index contributed by atoms with van der Waals surface area (Å²) in [5.41, 5.74) is 2.39. The normalized spacial score (nSPS) is 12.3. The minimum absolute atomic E-state index is 0.163. The fourth-order valence-corrected chi connectivity index (χ4v) is 3.57. The average Bonchev–Trinajstić information content (AvgIpc) is 2.96. The number of nitrogens with zero attached hydrogens (tertiary/aromatic N) is 2. The fraction of sp³-hybridized carbons (Fsp3) is 0.278. The molecule has 0 aliphatic carbocycles. The number of nitrogens with one attached hydrogen (secondary N) is 1. The Balaban J connectivity index is 2.06. The van der Waals surface area contributed by atoms with Crippen molar-refractivity contribution in [3.8, 4) is 0 Å². The number of thiazole rings is 1. The van der Waals surface area contributed by atoms with Gasteiger partial charge in [0, 0.05) is 16.8 Å². The summed E-state index contributed by atoms with van der Waals surface area (Å²) in [5.74, 6) is -0.219. The maximum absolute atomic E-state index is 12.7. The molecule has 3 rings (SSSR count). The smallest absolute Gasteiger partial charge is 0.252 e. The molecule has 2 heterocycles. The molecular weight excluding hydrogens is 322 g/mol. The zero-order chi connectivity index (χ0) is 17.3. The molecule has 3 aromatic rings. The second kappa shape index (κ2) is 6.57.